The smallest absolute Gasteiger partial charge is 0.163 e. The van der Waals surface area contributed by atoms with E-state index in [0.717, 1.165) is 13.1 Å². The van der Waals surface area contributed by atoms with Gasteiger partial charge in [0, 0.05) is 11.6 Å². The van der Waals surface area contributed by atoms with Crippen molar-refractivity contribution in [1.29, 1.82) is 0 Å². The number of halogens is 4. The number of methoxy groups -OCH3 is 2. The summed E-state index contributed by atoms with van der Waals surface area (Å²) in [6.07, 6.45) is 0. The maximum absolute atomic E-state index is 14.2. The number of benzene rings is 1. The third-order valence-corrected chi connectivity index (χ3v) is 6.10. The van der Waals surface area contributed by atoms with Crippen molar-refractivity contribution in [3.8, 4) is 11.5 Å². The van der Waals surface area contributed by atoms with E-state index in [1.807, 2.05) is 6.07 Å². The largest absolute Gasteiger partial charge is 0.493 e. The number of ether oxygens (including phenoxy) is 2. The van der Waals surface area contributed by atoms with Gasteiger partial charge in [-0.15, -0.1) is 11.3 Å². The van der Waals surface area contributed by atoms with Gasteiger partial charge in [0.05, 0.1) is 26.6 Å². The summed E-state index contributed by atoms with van der Waals surface area (Å²) in [5.41, 5.74) is 1.45. The van der Waals surface area contributed by atoms with Crippen molar-refractivity contribution >= 4 is 59.1 Å². The average molecular weight is 489 g/mol. The second-order valence-electron chi connectivity index (χ2n) is 3.87. The van der Waals surface area contributed by atoms with E-state index in [-0.39, 0.29) is 10.6 Å². The summed E-state index contributed by atoms with van der Waals surface area (Å²) in [6.45, 7) is 0. The fraction of sp³-hybridized carbons (Fsp3) is 0.231. The molecule has 0 amide bonds. The van der Waals surface area contributed by atoms with Crippen molar-refractivity contribution < 1.29 is 13.9 Å². The normalized spacial score (nSPS) is 12.3. The summed E-state index contributed by atoms with van der Waals surface area (Å²) in [5.74, 6) is 0.525. The Labute approximate surface area is 145 Å². The number of hydrogen-bond acceptors (Lipinski definition) is 3. The second-order valence-corrected chi connectivity index (χ2v) is 8.54. The molecule has 2 rings (SSSR count). The van der Waals surface area contributed by atoms with Gasteiger partial charge in [-0.05, 0) is 49.6 Å². The van der Waals surface area contributed by atoms with Crippen LogP contribution in [0.1, 0.15) is 16.0 Å². The first kappa shape index (κ1) is 16.3. The van der Waals surface area contributed by atoms with Gasteiger partial charge in [-0.2, -0.15) is 0 Å². The minimum atomic E-state index is -0.348. The maximum Gasteiger partial charge on any atom is 0.163 e. The number of thiophene rings is 1. The molecule has 20 heavy (non-hydrogen) atoms. The highest BCUT2D eigenvalue weighted by molar-refractivity contribution is 9.12. The lowest BCUT2D eigenvalue weighted by atomic mass is 10.1. The van der Waals surface area contributed by atoms with Crippen LogP contribution in [0, 0.1) is 5.82 Å². The number of rotatable bonds is 4. The Bertz CT molecular complexity index is 630. The molecule has 1 heterocycles. The van der Waals surface area contributed by atoms with Crippen molar-refractivity contribution in [3.05, 3.63) is 42.7 Å². The zero-order valence-electron chi connectivity index (χ0n) is 10.5. The van der Waals surface area contributed by atoms with Crippen LogP contribution in [-0.4, -0.2) is 14.2 Å². The van der Waals surface area contributed by atoms with Crippen molar-refractivity contribution in [2.24, 2.45) is 0 Å². The van der Waals surface area contributed by atoms with Gasteiger partial charge in [-0.25, -0.2) is 4.39 Å². The van der Waals surface area contributed by atoms with Crippen molar-refractivity contribution in [2.45, 2.75) is 4.83 Å². The van der Waals surface area contributed by atoms with Crippen LogP contribution in [0.3, 0.4) is 0 Å². The van der Waals surface area contributed by atoms with Crippen molar-refractivity contribution in [2.75, 3.05) is 14.2 Å². The van der Waals surface area contributed by atoms with Gasteiger partial charge in [-0.3, -0.25) is 0 Å². The summed E-state index contributed by atoms with van der Waals surface area (Å²) in [4.78, 5) is -0.278. The molecule has 1 atom stereocenters. The summed E-state index contributed by atoms with van der Waals surface area (Å²) >= 11 is 12.0. The summed E-state index contributed by atoms with van der Waals surface area (Å²) in [6, 6.07) is 4.92. The van der Waals surface area contributed by atoms with Crippen LogP contribution in [-0.2, 0) is 0 Å². The molecule has 1 unspecified atom stereocenters. The Morgan fingerprint density at radius 2 is 1.65 bits per heavy atom. The lowest BCUT2D eigenvalue weighted by molar-refractivity contribution is 0.351. The predicted molar refractivity (Wildman–Crippen MR) is 90.0 cm³/mol. The van der Waals surface area contributed by atoms with E-state index >= 15 is 0 Å². The Kier molecular flexibility index (Phi) is 5.50. The van der Waals surface area contributed by atoms with E-state index in [2.05, 4.69) is 47.8 Å². The van der Waals surface area contributed by atoms with Crippen LogP contribution in [0.5, 0.6) is 11.5 Å². The highest BCUT2D eigenvalue weighted by Crippen LogP contribution is 2.44. The van der Waals surface area contributed by atoms with Gasteiger partial charge in [0.2, 0.25) is 0 Å². The van der Waals surface area contributed by atoms with Gasteiger partial charge in [0.25, 0.3) is 0 Å². The monoisotopic (exact) mass is 486 g/mol. The molecule has 1 aromatic carbocycles. The summed E-state index contributed by atoms with van der Waals surface area (Å²) in [7, 11) is 3.01. The molecule has 0 N–H and O–H groups in total. The summed E-state index contributed by atoms with van der Waals surface area (Å²) < 4.78 is 26.5. The van der Waals surface area contributed by atoms with Crippen LogP contribution >= 0.6 is 59.1 Å². The highest BCUT2D eigenvalue weighted by atomic mass is 79.9. The Morgan fingerprint density at radius 3 is 2.15 bits per heavy atom. The molecule has 0 aliphatic heterocycles. The summed E-state index contributed by atoms with van der Waals surface area (Å²) in [5, 5.41) is 0. The molecular weight excluding hydrogens is 479 g/mol. The van der Waals surface area contributed by atoms with Gasteiger partial charge in [0.15, 0.2) is 11.5 Å². The van der Waals surface area contributed by atoms with Gasteiger partial charge in [-0.1, -0.05) is 15.9 Å². The standard InChI is InChI=1S/C13H10Br3FO2S/c1-18-9-3-6(8(17)5-10(9)19-2)12(15)7-4-11(14)20-13(7)16/h3-5,12H,1-2H3. The molecule has 7 heteroatoms. The Hall–Kier alpha value is -0.110. The average Bonchev–Trinajstić information content (AvgIpc) is 2.76. The highest BCUT2D eigenvalue weighted by Gasteiger charge is 2.22. The van der Waals surface area contributed by atoms with Gasteiger partial charge in [0.1, 0.15) is 5.82 Å². The van der Waals surface area contributed by atoms with E-state index < -0.39 is 0 Å². The first-order valence-electron chi connectivity index (χ1n) is 5.48. The molecule has 0 aliphatic rings. The van der Waals surface area contributed by atoms with Crippen LogP contribution in [0.25, 0.3) is 0 Å². The number of alkyl halides is 1. The van der Waals surface area contributed by atoms with Gasteiger partial charge < -0.3 is 9.47 Å². The zero-order chi connectivity index (χ0) is 14.9. The maximum atomic E-state index is 14.2. The number of hydrogen-bond donors (Lipinski definition) is 0. The molecule has 0 spiro atoms. The molecule has 0 aliphatic carbocycles. The minimum absolute atomic E-state index is 0.278. The van der Waals surface area contributed by atoms with E-state index in [0.29, 0.717) is 17.1 Å². The molecular formula is C13H10Br3FO2S. The quantitative estimate of drug-likeness (QED) is 0.498. The lowest BCUT2D eigenvalue weighted by Crippen LogP contribution is -1.99. The van der Waals surface area contributed by atoms with Crippen LogP contribution in [0.15, 0.2) is 25.8 Å². The molecule has 2 nitrogen and oxygen atoms in total. The molecule has 0 saturated carbocycles. The third kappa shape index (κ3) is 3.21. The van der Waals surface area contributed by atoms with E-state index in [9.17, 15) is 4.39 Å². The third-order valence-electron chi connectivity index (χ3n) is 2.73. The SMILES string of the molecule is COc1cc(F)c(C(Br)c2cc(Br)sc2Br)cc1OC. The predicted octanol–water partition coefficient (Wildman–Crippen LogP) is 5.91. The second kappa shape index (κ2) is 6.77. The van der Waals surface area contributed by atoms with Crippen LogP contribution < -0.4 is 9.47 Å². The topological polar surface area (TPSA) is 18.5 Å². The first-order valence-corrected chi connectivity index (χ1v) is 8.80. The fourth-order valence-corrected chi connectivity index (χ4v) is 5.83. The fourth-order valence-electron chi connectivity index (χ4n) is 1.76. The molecule has 0 bridgehead atoms. The molecule has 0 radical (unpaired) electrons. The zero-order valence-corrected chi connectivity index (χ0v) is 16.1. The molecule has 0 fully saturated rings. The van der Waals surface area contributed by atoms with E-state index in [4.69, 9.17) is 9.47 Å². The Balaban J connectivity index is 2.49. The first-order chi connectivity index (χ1) is 9.47. The molecule has 1 aromatic heterocycles. The Morgan fingerprint density at radius 1 is 1.05 bits per heavy atom. The van der Waals surface area contributed by atoms with Crippen molar-refractivity contribution in [1.82, 2.24) is 0 Å². The van der Waals surface area contributed by atoms with E-state index in [1.165, 1.54) is 20.3 Å². The molecule has 0 saturated heterocycles. The van der Waals surface area contributed by atoms with Crippen LogP contribution in [0.2, 0.25) is 0 Å². The van der Waals surface area contributed by atoms with Crippen LogP contribution in [0.4, 0.5) is 4.39 Å². The molecule has 108 valence electrons. The van der Waals surface area contributed by atoms with Crippen molar-refractivity contribution in [3.63, 3.8) is 0 Å². The van der Waals surface area contributed by atoms with E-state index in [1.54, 1.807) is 17.4 Å². The lowest BCUT2D eigenvalue weighted by Gasteiger charge is -2.14. The molecule has 2 aromatic rings. The van der Waals surface area contributed by atoms with Gasteiger partial charge >= 0.3 is 0 Å². The minimum Gasteiger partial charge on any atom is -0.493 e.